The quantitative estimate of drug-likeness (QED) is 0.169. The van der Waals surface area contributed by atoms with Crippen molar-refractivity contribution in [1.82, 2.24) is 34.4 Å². The number of benzene rings is 2. The third kappa shape index (κ3) is 8.76. The minimum Gasteiger partial charge on any atom is -0.477 e. The van der Waals surface area contributed by atoms with E-state index in [1.54, 1.807) is 59.6 Å². The fraction of sp³-hybridized carbons (Fsp3) is 0.476. The van der Waals surface area contributed by atoms with Crippen molar-refractivity contribution in [2.75, 3.05) is 84.5 Å². The summed E-state index contributed by atoms with van der Waals surface area (Å²) in [4.78, 5) is 60.1. The zero-order valence-corrected chi connectivity index (χ0v) is 34.7. The first-order valence-electron chi connectivity index (χ1n) is 20.1. The lowest BCUT2D eigenvalue weighted by atomic mass is 9.90. The molecule has 3 amide bonds. The van der Waals surface area contributed by atoms with Crippen LogP contribution in [-0.2, 0) is 27.9 Å². The molecule has 3 saturated heterocycles. The first-order chi connectivity index (χ1) is 28.3. The molecule has 3 aliphatic heterocycles. The van der Waals surface area contributed by atoms with Gasteiger partial charge in [-0.1, -0.05) is 23.7 Å². The lowest BCUT2D eigenvalue weighted by molar-refractivity contribution is -0.929. The van der Waals surface area contributed by atoms with Gasteiger partial charge in [0.2, 0.25) is 5.91 Å². The van der Waals surface area contributed by atoms with Crippen molar-refractivity contribution in [3.05, 3.63) is 76.2 Å². The summed E-state index contributed by atoms with van der Waals surface area (Å²) >= 11 is 6.62. The molecule has 314 valence electrons. The van der Waals surface area contributed by atoms with E-state index in [-0.39, 0.29) is 46.5 Å². The topological polar surface area (TPSA) is 164 Å². The summed E-state index contributed by atoms with van der Waals surface area (Å²) in [5, 5.41) is 20.2. The number of nitrogens with zero attached hydrogens (tertiary/aromatic N) is 7. The van der Waals surface area contributed by atoms with Crippen molar-refractivity contribution in [2.24, 2.45) is 18.9 Å². The molecule has 3 aliphatic rings. The number of piperidine rings is 1. The van der Waals surface area contributed by atoms with E-state index in [4.69, 9.17) is 16.3 Å². The molecule has 0 unspecified atom stereocenters. The SMILES string of the molecule is COCCn1ncc(-c2ccc(-c3cnc(C(=O)Nc4ccc(C(=O)N5CCN(C(=O)C6CC[N+](CC(=O)O)(CC7CNC7)CC6)CC5)c(Cl)c4)n3C)c(C)c2F)c1C. The molecule has 59 heavy (non-hydrogen) atoms. The number of likely N-dealkylation sites (tertiary alicyclic amines) is 1. The predicted molar refractivity (Wildman–Crippen MR) is 220 cm³/mol. The molecule has 0 radical (unpaired) electrons. The number of carboxylic acid groups (broad SMARTS) is 1. The number of quaternary nitrogens is 1. The molecule has 0 saturated carbocycles. The van der Waals surface area contributed by atoms with Gasteiger partial charge >= 0.3 is 5.97 Å². The lowest BCUT2D eigenvalue weighted by Gasteiger charge is -2.46. The van der Waals surface area contributed by atoms with Crippen molar-refractivity contribution in [2.45, 2.75) is 33.2 Å². The number of amides is 3. The zero-order chi connectivity index (χ0) is 42.0. The summed E-state index contributed by atoms with van der Waals surface area (Å²) in [7, 11) is 3.30. The maximum atomic E-state index is 15.9. The van der Waals surface area contributed by atoms with Gasteiger partial charge in [0.05, 0.1) is 61.5 Å². The van der Waals surface area contributed by atoms with Crippen LogP contribution in [0.25, 0.3) is 22.4 Å². The number of ether oxygens (including phenoxy) is 1. The zero-order valence-electron chi connectivity index (χ0n) is 34.0. The van der Waals surface area contributed by atoms with E-state index in [9.17, 15) is 24.3 Å². The van der Waals surface area contributed by atoms with Crippen LogP contribution in [0.2, 0.25) is 5.02 Å². The molecule has 4 aromatic rings. The van der Waals surface area contributed by atoms with Crippen LogP contribution >= 0.6 is 11.6 Å². The van der Waals surface area contributed by atoms with E-state index < -0.39 is 11.9 Å². The second-order valence-electron chi connectivity index (χ2n) is 16.1. The van der Waals surface area contributed by atoms with Gasteiger partial charge < -0.3 is 39.3 Å². The number of carbonyl (C=O) groups is 4. The number of hydrogen-bond donors (Lipinski definition) is 3. The largest absolute Gasteiger partial charge is 0.477 e. The number of methoxy groups -OCH3 is 1. The molecule has 5 heterocycles. The Morgan fingerprint density at radius 2 is 1.69 bits per heavy atom. The monoisotopic (exact) mass is 832 g/mol. The van der Waals surface area contributed by atoms with Gasteiger partial charge in [-0.15, -0.1) is 0 Å². The van der Waals surface area contributed by atoms with E-state index >= 15 is 4.39 Å². The van der Waals surface area contributed by atoms with Crippen molar-refractivity contribution in [3.8, 4) is 22.4 Å². The van der Waals surface area contributed by atoms with Crippen LogP contribution in [0.4, 0.5) is 10.1 Å². The number of nitrogens with one attached hydrogen (secondary N) is 2. The molecule has 3 N–H and O–H groups in total. The highest BCUT2D eigenvalue weighted by Gasteiger charge is 2.42. The van der Waals surface area contributed by atoms with Crippen LogP contribution in [0, 0.1) is 31.5 Å². The Morgan fingerprint density at radius 1 is 1.00 bits per heavy atom. The second-order valence-corrected chi connectivity index (χ2v) is 16.5. The van der Waals surface area contributed by atoms with Gasteiger partial charge in [0.25, 0.3) is 11.8 Å². The number of carbonyl (C=O) groups excluding carboxylic acids is 3. The Balaban J connectivity index is 0.939. The van der Waals surface area contributed by atoms with Gasteiger partial charge in [0.15, 0.2) is 12.4 Å². The van der Waals surface area contributed by atoms with E-state index in [0.29, 0.717) is 109 Å². The van der Waals surface area contributed by atoms with Crippen LogP contribution in [0.1, 0.15) is 45.1 Å². The van der Waals surface area contributed by atoms with Crippen LogP contribution in [0.5, 0.6) is 0 Å². The number of piperazine rings is 1. The Hall–Kier alpha value is -5.16. The van der Waals surface area contributed by atoms with E-state index in [2.05, 4.69) is 20.7 Å². The van der Waals surface area contributed by atoms with Crippen molar-refractivity contribution >= 4 is 41.0 Å². The molecule has 7 rings (SSSR count). The lowest BCUT2D eigenvalue weighted by Crippen LogP contribution is -2.62. The number of halogens is 2. The van der Waals surface area contributed by atoms with Crippen molar-refractivity contribution < 1.29 is 37.9 Å². The number of carboxylic acids is 1. The summed E-state index contributed by atoms with van der Waals surface area (Å²) in [6.45, 7) is 10.2. The molecule has 0 spiro atoms. The first kappa shape index (κ1) is 42.0. The highest BCUT2D eigenvalue weighted by Crippen LogP contribution is 2.34. The summed E-state index contributed by atoms with van der Waals surface area (Å²) in [5.74, 6) is -1.47. The fourth-order valence-electron chi connectivity index (χ4n) is 8.75. The van der Waals surface area contributed by atoms with Gasteiger partial charge in [0.1, 0.15) is 5.82 Å². The summed E-state index contributed by atoms with van der Waals surface area (Å²) in [5.41, 5.74) is 4.14. The maximum Gasteiger partial charge on any atom is 0.359 e. The van der Waals surface area contributed by atoms with Crippen molar-refractivity contribution in [3.63, 3.8) is 0 Å². The van der Waals surface area contributed by atoms with Crippen LogP contribution in [0.15, 0.2) is 42.7 Å². The molecule has 0 aliphatic carbocycles. The standard InChI is InChI=1S/C42H51ClFN9O6/c1-26-31(7-8-32(38(26)44)34-22-47-52(27(34)2)15-18-59-4)36-23-46-39(49(36)3)40(56)48-30-5-6-33(35(43)19-30)42(58)51-13-11-50(12-14-51)41(57)29-9-16-53(17-10-29,25-37(54)55)24-28-20-45-21-28/h5-8,19,22-23,28-29,45H,9-18,20-21,24-25H2,1-4H3,(H-,48,54,55,56,58)/p+1. The van der Waals surface area contributed by atoms with E-state index in [1.807, 2.05) is 17.9 Å². The minimum absolute atomic E-state index is 0.0715. The normalized spacial score (nSPS) is 19.7. The summed E-state index contributed by atoms with van der Waals surface area (Å²) in [6, 6.07) is 8.21. The second kappa shape index (κ2) is 17.6. The third-order valence-corrected chi connectivity index (χ3v) is 12.6. The molecular weight excluding hydrogens is 781 g/mol. The van der Waals surface area contributed by atoms with Crippen LogP contribution < -0.4 is 10.6 Å². The third-order valence-electron chi connectivity index (χ3n) is 12.3. The number of rotatable bonds is 13. The maximum absolute atomic E-state index is 15.9. The predicted octanol–water partition coefficient (Wildman–Crippen LogP) is 4.07. The fourth-order valence-corrected chi connectivity index (χ4v) is 9.01. The smallest absolute Gasteiger partial charge is 0.359 e. The Labute approximate surface area is 347 Å². The van der Waals surface area contributed by atoms with Crippen LogP contribution in [-0.4, -0.2) is 142 Å². The Kier molecular flexibility index (Phi) is 12.5. The van der Waals surface area contributed by atoms with Gasteiger partial charge in [-0.2, -0.15) is 5.10 Å². The molecule has 17 heteroatoms. The average Bonchev–Trinajstić information content (AvgIpc) is 3.77. The average molecular weight is 833 g/mol. The molecule has 15 nitrogen and oxygen atoms in total. The highest BCUT2D eigenvalue weighted by atomic mass is 35.5. The molecule has 2 aromatic carbocycles. The summed E-state index contributed by atoms with van der Waals surface area (Å²) < 4.78 is 24.9. The van der Waals surface area contributed by atoms with Gasteiger partial charge in [-0.05, 0) is 37.6 Å². The number of imidazole rings is 1. The number of aromatic nitrogens is 4. The Morgan fingerprint density at radius 3 is 2.34 bits per heavy atom. The first-order valence-corrected chi connectivity index (χ1v) is 20.5. The van der Waals surface area contributed by atoms with Gasteiger partial charge in [0, 0.05) is 106 Å². The van der Waals surface area contributed by atoms with Crippen molar-refractivity contribution in [1.29, 1.82) is 0 Å². The minimum atomic E-state index is -0.801. The highest BCUT2D eigenvalue weighted by molar-refractivity contribution is 6.34. The molecule has 3 fully saturated rings. The van der Waals surface area contributed by atoms with E-state index in [0.717, 1.165) is 25.3 Å². The molecule has 0 atom stereocenters. The van der Waals surface area contributed by atoms with Gasteiger partial charge in [-0.25, -0.2) is 14.2 Å². The summed E-state index contributed by atoms with van der Waals surface area (Å²) in [6.07, 6.45) is 4.49. The van der Waals surface area contributed by atoms with Crippen LogP contribution in [0.3, 0.4) is 0 Å². The number of hydrogen-bond acceptors (Lipinski definition) is 8. The molecular formula is C42H52ClFN9O6+. The number of anilines is 1. The van der Waals surface area contributed by atoms with E-state index in [1.165, 1.54) is 12.3 Å². The molecule has 0 bridgehead atoms. The Bertz CT molecular complexity index is 2240. The molecule has 2 aromatic heterocycles. The number of aliphatic carboxylic acids is 1. The van der Waals surface area contributed by atoms with Gasteiger partial charge in [-0.3, -0.25) is 19.1 Å².